The number of halogens is 2. The lowest BCUT2D eigenvalue weighted by molar-refractivity contribution is -0.120. The molecule has 3 heterocycles. The molecule has 4 rings (SSSR count). The Labute approximate surface area is 191 Å². The number of aliphatic imine (C=N–C) groups is 1. The molecule has 3 aromatic rings. The third-order valence-electron chi connectivity index (χ3n) is 5.14. The highest BCUT2D eigenvalue weighted by atomic mass is 127. The molecule has 0 aliphatic carbocycles. The van der Waals surface area contributed by atoms with Gasteiger partial charge in [-0.2, -0.15) is 5.10 Å². The van der Waals surface area contributed by atoms with Crippen LogP contribution in [0.25, 0.3) is 10.9 Å². The Balaban J connectivity index is 0.00000256. The van der Waals surface area contributed by atoms with Crippen molar-refractivity contribution < 1.29 is 9.18 Å². The van der Waals surface area contributed by atoms with Gasteiger partial charge in [-0.15, -0.1) is 24.0 Å². The normalized spacial score (nSPS) is 14.9. The highest BCUT2D eigenvalue weighted by molar-refractivity contribution is 14.0. The van der Waals surface area contributed by atoms with Gasteiger partial charge in [0.25, 0.3) is 0 Å². The van der Waals surface area contributed by atoms with E-state index in [4.69, 9.17) is 0 Å². The fourth-order valence-electron chi connectivity index (χ4n) is 3.67. The van der Waals surface area contributed by atoms with E-state index in [0.717, 1.165) is 22.2 Å². The van der Waals surface area contributed by atoms with Crippen molar-refractivity contribution in [2.75, 3.05) is 38.1 Å². The van der Waals surface area contributed by atoms with Crippen LogP contribution in [0.5, 0.6) is 0 Å². The number of piperazine rings is 1. The molecule has 8 nitrogen and oxygen atoms in total. The summed E-state index contributed by atoms with van der Waals surface area (Å²) in [7, 11) is 3.54. The predicted molar refractivity (Wildman–Crippen MR) is 126 cm³/mol. The highest BCUT2D eigenvalue weighted by Crippen LogP contribution is 2.20. The summed E-state index contributed by atoms with van der Waals surface area (Å²) in [5, 5.41) is 8.34. The topological polar surface area (TPSA) is 81.6 Å². The molecule has 0 bridgehead atoms. The number of carbonyl (C=O) groups excluding carboxylic acids is 1. The molecule has 0 radical (unpaired) electrons. The van der Waals surface area contributed by atoms with Crippen LogP contribution in [0.3, 0.4) is 0 Å². The summed E-state index contributed by atoms with van der Waals surface area (Å²) in [6, 6.07) is 4.74. The van der Waals surface area contributed by atoms with E-state index in [1.54, 1.807) is 35.0 Å². The Morgan fingerprint density at radius 3 is 2.90 bits per heavy atom. The number of rotatable bonds is 4. The van der Waals surface area contributed by atoms with Crippen LogP contribution in [-0.4, -0.2) is 64.8 Å². The molecule has 1 amide bonds. The van der Waals surface area contributed by atoms with Crippen molar-refractivity contribution in [1.82, 2.24) is 25.0 Å². The molecule has 1 saturated heterocycles. The first-order valence-corrected chi connectivity index (χ1v) is 9.55. The monoisotopic (exact) mass is 525 g/mol. The molecule has 1 fully saturated rings. The van der Waals surface area contributed by atoms with Crippen LogP contribution in [0, 0.1) is 5.82 Å². The van der Waals surface area contributed by atoms with Crippen molar-refractivity contribution in [3.8, 4) is 0 Å². The first-order valence-electron chi connectivity index (χ1n) is 9.55. The van der Waals surface area contributed by atoms with Crippen LogP contribution < -0.4 is 10.2 Å². The molecule has 2 N–H and O–H groups in total. The van der Waals surface area contributed by atoms with Gasteiger partial charge in [-0.1, -0.05) is 0 Å². The standard InChI is InChI=1S/C20H24FN7O.HI/c1-22-20(23-6-5-14-10-24-18-4-3-15(21)9-17(14)18)27-7-8-28(19(29)13-27)16-11-25-26(2)12-16;/h3-4,9-12,24H,5-8,13H2,1-2H3,(H,22,23);1H. The Hall–Kier alpha value is -2.63. The van der Waals surface area contributed by atoms with E-state index in [1.165, 1.54) is 6.07 Å². The number of guanidine groups is 1. The molecule has 0 spiro atoms. The van der Waals surface area contributed by atoms with Crippen molar-refractivity contribution in [2.45, 2.75) is 6.42 Å². The number of aryl methyl sites for hydroxylation is 1. The lowest BCUT2D eigenvalue weighted by Crippen LogP contribution is -2.55. The summed E-state index contributed by atoms with van der Waals surface area (Å²) in [6.07, 6.45) is 6.16. The average Bonchev–Trinajstić information content (AvgIpc) is 3.31. The second-order valence-electron chi connectivity index (χ2n) is 7.07. The fourth-order valence-corrected chi connectivity index (χ4v) is 3.67. The number of amides is 1. The maximum absolute atomic E-state index is 13.5. The summed E-state index contributed by atoms with van der Waals surface area (Å²) in [6.45, 7) is 2.14. The fraction of sp³-hybridized carbons (Fsp3) is 0.350. The summed E-state index contributed by atoms with van der Waals surface area (Å²) in [4.78, 5) is 23.8. The Kier molecular flexibility index (Phi) is 6.95. The number of anilines is 1. The molecular weight excluding hydrogens is 500 g/mol. The lowest BCUT2D eigenvalue weighted by atomic mass is 10.1. The number of benzene rings is 1. The maximum atomic E-state index is 13.5. The van der Waals surface area contributed by atoms with E-state index in [-0.39, 0.29) is 42.2 Å². The molecular formula is C20H25FIN7O. The minimum atomic E-state index is -0.243. The highest BCUT2D eigenvalue weighted by Gasteiger charge is 2.27. The van der Waals surface area contributed by atoms with Gasteiger partial charge < -0.3 is 20.1 Å². The quantitative estimate of drug-likeness (QED) is 0.311. The summed E-state index contributed by atoms with van der Waals surface area (Å²) < 4.78 is 15.2. The van der Waals surface area contributed by atoms with E-state index in [0.29, 0.717) is 32.0 Å². The molecule has 10 heteroatoms. The third kappa shape index (κ3) is 4.58. The molecule has 1 aliphatic rings. The van der Waals surface area contributed by atoms with Crippen LogP contribution in [0.1, 0.15) is 5.56 Å². The first kappa shape index (κ1) is 22.1. The molecule has 0 unspecified atom stereocenters. The lowest BCUT2D eigenvalue weighted by Gasteiger charge is -2.35. The number of hydrogen-bond acceptors (Lipinski definition) is 3. The van der Waals surface area contributed by atoms with Crippen molar-refractivity contribution in [2.24, 2.45) is 12.0 Å². The molecule has 2 aromatic heterocycles. The number of nitrogens with zero attached hydrogens (tertiary/aromatic N) is 5. The Morgan fingerprint density at radius 2 is 2.20 bits per heavy atom. The second kappa shape index (κ2) is 9.45. The van der Waals surface area contributed by atoms with Gasteiger partial charge in [-0.3, -0.25) is 14.5 Å². The van der Waals surface area contributed by atoms with Gasteiger partial charge in [-0.05, 0) is 30.2 Å². The van der Waals surface area contributed by atoms with E-state index in [9.17, 15) is 9.18 Å². The number of aromatic amines is 1. The maximum Gasteiger partial charge on any atom is 0.246 e. The summed E-state index contributed by atoms with van der Waals surface area (Å²) in [5.41, 5.74) is 2.77. The molecule has 1 aromatic carbocycles. The van der Waals surface area contributed by atoms with E-state index >= 15 is 0 Å². The summed E-state index contributed by atoms with van der Waals surface area (Å²) >= 11 is 0. The Bertz CT molecular complexity index is 1060. The molecule has 160 valence electrons. The van der Waals surface area contributed by atoms with E-state index in [1.807, 2.05) is 24.3 Å². The van der Waals surface area contributed by atoms with Gasteiger partial charge >= 0.3 is 0 Å². The number of H-pyrrole nitrogens is 1. The molecule has 0 atom stereocenters. The first-order chi connectivity index (χ1) is 14.0. The van der Waals surface area contributed by atoms with Crippen LogP contribution in [0.4, 0.5) is 10.1 Å². The van der Waals surface area contributed by atoms with Crippen LogP contribution in [-0.2, 0) is 18.3 Å². The van der Waals surface area contributed by atoms with E-state index < -0.39 is 0 Å². The average molecular weight is 525 g/mol. The van der Waals surface area contributed by atoms with Gasteiger partial charge in [0.15, 0.2) is 5.96 Å². The van der Waals surface area contributed by atoms with Crippen molar-refractivity contribution in [1.29, 1.82) is 0 Å². The predicted octanol–water partition coefficient (Wildman–Crippen LogP) is 2.13. The van der Waals surface area contributed by atoms with Gasteiger partial charge in [-0.25, -0.2) is 4.39 Å². The van der Waals surface area contributed by atoms with Gasteiger partial charge in [0.1, 0.15) is 12.4 Å². The molecule has 1 aliphatic heterocycles. The van der Waals surface area contributed by atoms with Crippen molar-refractivity contribution in [3.63, 3.8) is 0 Å². The van der Waals surface area contributed by atoms with Gasteiger partial charge in [0.2, 0.25) is 5.91 Å². The van der Waals surface area contributed by atoms with Gasteiger partial charge in [0, 0.05) is 57.0 Å². The minimum absolute atomic E-state index is 0. The Morgan fingerprint density at radius 1 is 1.37 bits per heavy atom. The number of fused-ring (bicyclic) bond motifs is 1. The molecule has 30 heavy (non-hydrogen) atoms. The zero-order chi connectivity index (χ0) is 20.4. The number of aromatic nitrogens is 3. The third-order valence-corrected chi connectivity index (χ3v) is 5.14. The zero-order valence-corrected chi connectivity index (χ0v) is 19.3. The van der Waals surface area contributed by atoms with E-state index in [2.05, 4.69) is 20.4 Å². The van der Waals surface area contributed by atoms with Crippen LogP contribution >= 0.6 is 24.0 Å². The molecule has 0 saturated carbocycles. The van der Waals surface area contributed by atoms with Crippen molar-refractivity contribution in [3.05, 3.63) is 48.2 Å². The minimum Gasteiger partial charge on any atom is -0.361 e. The second-order valence-corrected chi connectivity index (χ2v) is 7.07. The van der Waals surface area contributed by atoms with Crippen LogP contribution in [0.15, 0.2) is 41.8 Å². The van der Waals surface area contributed by atoms with Crippen molar-refractivity contribution >= 4 is 52.4 Å². The summed E-state index contributed by atoms with van der Waals surface area (Å²) in [5.74, 6) is 0.460. The van der Waals surface area contributed by atoms with Gasteiger partial charge in [0.05, 0.1) is 11.9 Å². The largest absolute Gasteiger partial charge is 0.361 e. The number of carbonyl (C=O) groups is 1. The SMILES string of the molecule is CN=C(NCCc1c[nH]c2ccc(F)cc12)N1CCN(c2cnn(C)c2)C(=O)C1.I. The number of nitrogens with one attached hydrogen (secondary N) is 2. The smallest absolute Gasteiger partial charge is 0.246 e. The van der Waals surface area contributed by atoms with Crippen LogP contribution in [0.2, 0.25) is 0 Å². The number of hydrogen-bond donors (Lipinski definition) is 2. The zero-order valence-electron chi connectivity index (χ0n) is 16.9.